The Hall–Kier alpha value is -3.46. The van der Waals surface area contributed by atoms with Crippen LogP contribution in [0.15, 0.2) is 91.0 Å². The molecule has 3 heteroatoms. The maximum atomic E-state index is 2.59. The molecule has 0 aliphatic carbocycles. The number of hydrogen-bond donors (Lipinski definition) is 0. The number of benzene rings is 4. The second-order valence-corrected chi connectivity index (χ2v) is 8.65. The first-order chi connectivity index (χ1) is 14.8. The van der Waals surface area contributed by atoms with Crippen LogP contribution in [-0.2, 0) is 6.42 Å². The van der Waals surface area contributed by atoms with E-state index in [0.29, 0.717) is 6.04 Å². The lowest BCUT2D eigenvalue weighted by Gasteiger charge is -2.43. The van der Waals surface area contributed by atoms with E-state index < -0.39 is 0 Å². The molecular weight excluding hydrogens is 363 g/mol. The fourth-order valence-electron chi connectivity index (χ4n) is 5.93. The van der Waals surface area contributed by atoms with Crippen LogP contribution in [0.5, 0.6) is 0 Å². The van der Waals surface area contributed by atoms with Crippen LogP contribution >= 0.6 is 0 Å². The fourth-order valence-corrected chi connectivity index (χ4v) is 5.93. The molecule has 0 N–H and O–H groups in total. The zero-order chi connectivity index (χ0) is 19.8. The normalized spacial score (nSPS) is 17.5. The minimum Gasteiger partial charge on any atom is -0.339 e. The molecule has 0 aromatic heterocycles. The molecule has 1 atom stereocenters. The van der Waals surface area contributed by atoms with Crippen molar-refractivity contribution in [3.05, 3.63) is 96.6 Å². The zero-order valence-electron chi connectivity index (χ0n) is 16.9. The lowest BCUT2D eigenvalue weighted by molar-refractivity contribution is 0.760. The second-order valence-electron chi connectivity index (χ2n) is 8.65. The van der Waals surface area contributed by atoms with Crippen molar-refractivity contribution in [2.75, 3.05) is 9.80 Å². The molecule has 1 unspecified atom stereocenters. The smallest absolute Gasteiger partial charge is 0.252 e. The minimum atomic E-state index is 0.281. The van der Waals surface area contributed by atoms with Crippen molar-refractivity contribution in [2.24, 2.45) is 0 Å². The van der Waals surface area contributed by atoms with Crippen molar-refractivity contribution in [1.29, 1.82) is 0 Å². The highest BCUT2D eigenvalue weighted by Gasteiger charge is 2.45. The van der Waals surface area contributed by atoms with Crippen LogP contribution in [0.3, 0.4) is 0 Å². The third-order valence-corrected chi connectivity index (χ3v) is 7.01. The first-order valence-electron chi connectivity index (χ1n) is 10.8. The monoisotopic (exact) mass is 384 g/mol. The van der Waals surface area contributed by atoms with E-state index in [9.17, 15) is 0 Å². The molecule has 3 heterocycles. The van der Waals surface area contributed by atoms with E-state index in [1.165, 1.54) is 50.4 Å². The molecule has 3 aliphatic rings. The molecule has 0 bridgehead atoms. The van der Waals surface area contributed by atoms with Crippen molar-refractivity contribution in [3.63, 3.8) is 0 Å². The Bertz CT molecular complexity index is 1310. The lowest BCUT2D eigenvalue weighted by Crippen LogP contribution is -2.61. The molecule has 4 aromatic rings. The van der Waals surface area contributed by atoms with Gasteiger partial charge in [-0.25, -0.2) is 0 Å². The van der Waals surface area contributed by atoms with E-state index in [1.54, 1.807) is 0 Å². The molecule has 2 nitrogen and oxygen atoms in total. The SMILES string of the molecule is CC1Cc2cccc3c2N1c1cccc2c1B3c1ccccc1N2c1ccccc1. The van der Waals surface area contributed by atoms with Crippen molar-refractivity contribution in [3.8, 4) is 0 Å². The van der Waals surface area contributed by atoms with E-state index in [-0.39, 0.29) is 6.71 Å². The minimum absolute atomic E-state index is 0.281. The molecule has 0 spiro atoms. The summed E-state index contributed by atoms with van der Waals surface area (Å²) in [6.45, 7) is 2.64. The van der Waals surface area contributed by atoms with Gasteiger partial charge >= 0.3 is 0 Å². The van der Waals surface area contributed by atoms with Crippen LogP contribution in [0.25, 0.3) is 0 Å². The van der Waals surface area contributed by atoms with Crippen LogP contribution in [0.4, 0.5) is 28.4 Å². The summed E-state index contributed by atoms with van der Waals surface area (Å²) in [7, 11) is 0. The Kier molecular flexibility index (Phi) is 3.16. The van der Waals surface area contributed by atoms with Gasteiger partial charge in [-0.1, -0.05) is 60.7 Å². The molecule has 0 fully saturated rings. The van der Waals surface area contributed by atoms with Crippen LogP contribution in [0, 0.1) is 0 Å². The largest absolute Gasteiger partial charge is 0.339 e. The van der Waals surface area contributed by atoms with Gasteiger partial charge in [0.05, 0.1) is 0 Å². The number of rotatable bonds is 1. The van der Waals surface area contributed by atoms with Crippen molar-refractivity contribution in [2.45, 2.75) is 19.4 Å². The summed E-state index contributed by atoms with van der Waals surface area (Å²) >= 11 is 0. The van der Waals surface area contributed by atoms with Crippen LogP contribution in [0.2, 0.25) is 0 Å². The van der Waals surface area contributed by atoms with E-state index >= 15 is 0 Å². The fraction of sp³-hybridized carbons (Fsp3) is 0.111. The number of hydrogen-bond acceptors (Lipinski definition) is 2. The van der Waals surface area contributed by atoms with Gasteiger partial charge in [0.25, 0.3) is 6.71 Å². The quantitative estimate of drug-likeness (QED) is 0.396. The van der Waals surface area contributed by atoms with Crippen LogP contribution in [-0.4, -0.2) is 12.8 Å². The Balaban J connectivity index is 1.60. The molecule has 0 saturated carbocycles. The van der Waals surface area contributed by atoms with Gasteiger partial charge in [-0.05, 0) is 65.6 Å². The first kappa shape index (κ1) is 16.4. The number of para-hydroxylation sites is 3. The molecule has 0 radical (unpaired) electrons. The molecule has 0 amide bonds. The summed E-state index contributed by atoms with van der Waals surface area (Å²) < 4.78 is 0. The van der Waals surface area contributed by atoms with Gasteiger partial charge in [0, 0.05) is 34.5 Å². The number of nitrogens with zero attached hydrogens (tertiary/aromatic N) is 2. The van der Waals surface area contributed by atoms with E-state index in [4.69, 9.17) is 0 Å². The Morgan fingerprint density at radius 3 is 2.30 bits per heavy atom. The topological polar surface area (TPSA) is 6.48 Å². The van der Waals surface area contributed by atoms with Crippen molar-refractivity contribution in [1.82, 2.24) is 0 Å². The number of anilines is 5. The summed E-state index contributed by atoms with van der Waals surface area (Å²) in [5.41, 5.74) is 12.4. The van der Waals surface area contributed by atoms with Crippen molar-refractivity contribution >= 4 is 51.5 Å². The van der Waals surface area contributed by atoms with Crippen LogP contribution < -0.4 is 26.2 Å². The molecule has 142 valence electrons. The lowest BCUT2D eigenvalue weighted by atomic mass is 9.33. The first-order valence-corrected chi connectivity index (χ1v) is 10.8. The van der Waals surface area contributed by atoms with E-state index in [2.05, 4.69) is 108 Å². The molecular formula is C27H21BN2. The zero-order valence-corrected chi connectivity index (χ0v) is 16.9. The Morgan fingerprint density at radius 2 is 1.40 bits per heavy atom. The standard InChI is InChI=1S/C27H21BN2/c1-18-17-19-9-7-13-22-27(19)29(18)24-15-8-16-25-26(24)28(22)21-12-5-6-14-23(21)30(25)20-10-3-2-4-11-20/h2-16,18H,17H2,1H3. The average Bonchev–Trinajstić information content (AvgIpc) is 3.14. The maximum absolute atomic E-state index is 2.59. The second kappa shape index (κ2) is 5.79. The summed E-state index contributed by atoms with van der Waals surface area (Å²) in [4.78, 5) is 5.04. The molecule has 3 aliphatic heterocycles. The van der Waals surface area contributed by atoms with Gasteiger partial charge in [-0.3, -0.25) is 0 Å². The van der Waals surface area contributed by atoms with Crippen molar-refractivity contribution < 1.29 is 0 Å². The predicted octanol–water partition coefficient (Wildman–Crippen LogP) is 4.38. The van der Waals surface area contributed by atoms with Gasteiger partial charge in [0.2, 0.25) is 0 Å². The van der Waals surface area contributed by atoms with Gasteiger partial charge in [-0.2, -0.15) is 0 Å². The molecule has 0 saturated heterocycles. The Labute approximate surface area is 177 Å². The highest BCUT2D eigenvalue weighted by atomic mass is 15.2. The molecule has 4 aromatic carbocycles. The molecule has 7 rings (SSSR count). The van der Waals surface area contributed by atoms with Gasteiger partial charge in [0.1, 0.15) is 0 Å². The third kappa shape index (κ3) is 1.95. The van der Waals surface area contributed by atoms with E-state index in [0.717, 1.165) is 6.42 Å². The Morgan fingerprint density at radius 1 is 0.700 bits per heavy atom. The third-order valence-electron chi connectivity index (χ3n) is 7.01. The van der Waals surface area contributed by atoms with Crippen LogP contribution in [0.1, 0.15) is 12.5 Å². The van der Waals surface area contributed by atoms with Gasteiger partial charge in [0.15, 0.2) is 0 Å². The number of fused-ring (bicyclic) bond motifs is 4. The van der Waals surface area contributed by atoms with Gasteiger partial charge in [-0.15, -0.1) is 0 Å². The highest BCUT2D eigenvalue weighted by Crippen LogP contribution is 2.44. The summed E-state index contributed by atoms with van der Waals surface area (Å²) in [5, 5.41) is 0. The predicted molar refractivity (Wildman–Crippen MR) is 128 cm³/mol. The summed E-state index contributed by atoms with van der Waals surface area (Å²) in [5.74, 6) is 0. The highest BCUT2D eigenvalue weighted by molar-refractivity contribution is 7.00. The summed E-state index contributed by atoms with van der Waals surface area (Å²) in [6, 6.07) is 34.0. The average molecular weight is 384 g/mol. The van der Waals surface area contributed by atoms with E-state index in [1.807, 2.05) is 0 Å². The maximum Gasteiger partial charge on any atom is 0.252 e. The van der Waals surface area contributed by atoms with Gasteiger partial charge < -0.3 is 9.80 Å². The molecule has 30 heavy (non-hydrogen) atoms. The summed E-state index contributed by atoms with van der Waals surface area (Å²) in [6.07, 6.45) is 1.11.